The Hall–Kier alpha value is -1.48. The Balaban J connectivity index is 2.11. The van der Waals surface area contributed by atoms with Crippen molar-refractivity contribution in [3.8, 4) is 5.75 Å². The standard InChI is InChI=1S/C15H20N2O/c1-17(2)10-7-8-13-12(9-10)11-5-4-6-14(18-3)15(11)16-13/h4-6,10,16H,7-9H2,1-3H3. The number of benzene rings is 1. The van der Waals surface area contributed by atoms with Gasteiger partial charge in [-0.2, -0.15) is 0 Å². The highest BCUT2D eigenvalue weighted by molar-refractivity contribution is 5.89. The molecule has 0 spiro atoms. The fraction of sp³-hybridized carbons (Fsp3) is 0.467. The van der Waals surface area contributed by atoms with Crippen molar-refractivity contribution in [1.29, 1.82) is 0 Å². The summed E-state index contributed by atoms with van der Waals surface area (Å²) in [5, 5.41) is 1.33. The van der Waals surface area contributed by atoms with Gasteiger partial charge in [-0.15, -0.1) is 0 Å². The molecule has 1 aromatic carbocycles. The van der Waals surface area contributed by atoms with E-state index in [1.54, 1.807) is 7.11 Å². The van der Waals surface area contributed by atoms with Gasteiger partial charge in [0.2, 0.25) is 0 Å². The molecule has 0 fully saturated rings. The summed E-state index contributed by atoms with van der Waals surface area (Å²) in [4.78, 5) is 5.89. The first-order chi connectivity index (χ1) is 8.70. The van der Waals surface area contributed by atoms with Crippen LogP contribution in [0.5, 0.6) is 5.75 Å². The molecule has 1 heterocycles. The number of ether oxygens (including phenoxy) is 1. The molecular weight excluding hydrogens is 224 g/mol. The van der Waals surface area contributed by atoms with Crippen LogP contribution in [0.4, 0.5) is 0 Å². The summed E-state index contributed by atoms with van der Waals surface area (Å²) < 4.78 is 5.44. The molecule has 0 radical (unpaired) electrons. The van der Waals surface area contributed by atoms with Crippen LogP contribution < -0.4 is 4.74 Å². The van der Waals surface area contributed by atoms with Crippen molar-refractivity contribution >= 4 is 10.9 Å². The first-order valence-corrected chi connectivity index (χ1v) is 6.53. The minimum absolute atomic E-state index is 0.655. The normalized spacial score (nSPS) is 19.2. The summed E-state index contributed by atoms with van der Waals surface area (Å²) >= 11 is 0. The average molecular weight is 244 g/mol. The van der Waals surface area contributed by atoms with Crippen LogP contribution in [0.3, 0.4) is 0 Å². The molecule has 1 aliphatic carbocycles. The van der Waals surface area contributed by atoms with Gasteiger partial charge in [-0.1, -0.05) is 12.1 Å². The van der Waals surface area contributed by atoms with Crippen molar-refractivity contribution in [2.75, 3.05) is 21.2 Å². The quantitative estimate of drug-likeness (QED) is 0.879. The third-order valence-corrected chi connectivity index (χ3v) is 4.11. The van der Waals surface area contributed by atoms with Crippen molar-refractivity contribution in [1.82, 2.24) is 9.88 Å². The number of aromatic amines is 1. The minimum Gasteiger partial charge on any atom is -0.495 e. The largest absolute Gasteiger partial charge is 0.495 e. The van der Waals surface area contributed by atoms with Gasteiger partial charge in [0.05, 0.1) is 12.6 Å². The molecule has 0 saturated heterocycles. The Labute approximate surface area is 108 Å². The molecule has 1 unspecified atom stereocenters. The lowest BCUT2D eigenvalue weighted by Gasteiger charge is -2.28. The summed E-state index contributed by atoms with van der Waals surface area (Å²) in [6, 6.07) is 6.95. The molecule has 1 N–H and O–H groups in total. The Morgan fingerprint density at radius 2 is 2.17 bits per heavy atom. The number of para-hydroxylation sites is 1. The molecule has 1 aliphatic rings. The predicted molar refractivity (Wildman–Crippen MR) is 74.4 cm³/mol. The molecule has 0 bridgehead atoms. The SMILES string of the molecule is COc1cccc2c3c([nH]c12)CCC(N(C)C)C3. The molecule has 3 rings (SSSR count). The van der Waals surface area contributed by atoms with Crippen LogP contribution >= 0.6 is 0 Å². The van der Waals surface area contributed by atoms with E-state index in [1.165, 1.54) is 23.1 Å². The second-order valence-electron chi connectivity index (χ2n) is 5.33. The number of aryl methyl sites for hydroxylation is 1. The van der Waals surface area contributed by atoms with Crippen molar-refractivity contribution in [2.45, 2.75) is 25.3 Å². The highest BCUT2D eigenvalue weighted by atomic mass is 16.5. The number of rotatable bonds is 2. The van der Waals surface area contributed by atoms with Crippen molar-refractivity contribution in [2.24, 2.45) is 0 Å². The smallest absolute Gasteiger partial charge is 0.142 e. The number of H-pyrrole nitrogens is 1. The summed E-state index contributed by atoms with van der Waals surface area (Å²) in [5.41, 5.74) is 4.03. The molecule has 18 heavy (non-hydrogen) atoms. The lowest BCUT2D eigenvalue weighted by Crippen LogP contribution is -2.33. The van der Waals surface area contributed by atoms with E-state index in [1.807, 2.05) is 6.07 Å². The lowest BCUT2D eigenvalue weighted by molar-refractivity contribution is 0.268. The maximum absolute atomic E-state index is 5.44. The van der Waals surface area contributed by atoms with Crippen LogP contribution in [0.15, 0.2) is 18.2 Å². The molecule has 0 amide bonds. The highest BCUT2D eigenvalue weighted by Gasteiger charge is 2.24. The number of hydrogen-bond donors (Lipinski definition) is 1. The summed E-state index contributed by atoms with van der Waals surface area (Å²) in [6.45, 7) is 0. The Bertz CT molecular complexity index is 571. The van der Waals surface area contributed by atoms with Gasteiger partial charge < -0.3 is 14.6 Å². The van der Waals surface area contributed by atoms with E-state index in [-0.39, 0.29) is 0 Å². The van der Waals surface area contributed by atoms with Gasteiger partial charge in [0.15, 0.2) is 0 Å². The average Bonchev–Trinajstić information content (AvgIpc) is 2.76. The van der Waals surface area contributed by atoms with Crippen LogP contribution in [-0.2, 0) is 12.8 Å². The zero-order chi connectivity index (χ0) is 12.7. The first-order valence-electron chi connectivity index (χ1n) is 6.53. The van der Waals surface area contributed by atoms with Gasteiger partial charge >= 0.3 is 0 Å². The maximum Gasteiger partial charge on any atom is 0.142 e. The number of nitrogens with zero attached hydrogens (tertiary/aromatic N) is 1. The van der Waals surface area contributed by atoms with E-state index in [2.05, 4.69) is 36.1 Å². The molecule has 0 saturated carbocycles. The van der Waals surface area contributed by atoms with Gasteiger partial charge in [0.1, 0.15) is 5.75 Å². The van der Waals surface area contributed by atoms with Crippen molar-refractivity contribution in [3.05, 3.63) is 29.5 Å². The maximum atomic E-state index is 5.44. The molecule has 3 nitrogen and oxygen atoms in total. The van der Waals surface area contributed by atoms with E-state index in [0.717, 1.165) is 24.1 Å². The number of hydrogen-bond acceptors (Lipinski definition) is 2. The van der Waals surface area contributed by atoms with E-state index in [4.69, 9.17) is 4.74 Å². The fourth-order valence-corrected chi connectivity index (χ4v) is 3.01. The van der Waals surface area contributed by atoms with Gasteiger partial charge in [-0.3, -0.25) is 0 Å². The monoisotopic (exact) mass is 244 g/mol. The third kappa shape index (κ3) is 1.70. The highest BCUT2D eigenvalue weighted by Crippen LogP contribution is 2.34. The third-order valence-electron chi connectivity index (χ3n) is 4.11. The van der Waals surface area contributed by atoms with Gasteiger partial charge in [-0.05, 0) is 45.0 Å². The van der Waals surface area contributed by atoms with E-state index >= 15 is 0 Å². The number of nitrogens with one attached hydrogen (secondary N) is 1. The second kappa shape index (κ2) is 4.32. The number of fused-ring (bicyclic) bond motifs is 3. The van der Waals surface area contributed by atoms with E-state index in [9.17, 15) is 0 Å². The zero-order valence-electron chi connectivity index (χ0n) is 11.3. The summed E-state index contributed by atoms with van der Waals surface area (Å²) in [5.74, 6) is 0.948. The molecule has 0 aliphatic heterocycles. The van der Waals surface area contributed by atoms with Crippen LogP contribution in [0.1, 0.15) is 17.7 Å². The van der Waals surface area contributed by atoms with Crippen LogP contribution in [-0.4, -0.2) is 37.1 Å². The summed E-state index contributed by atoms with van der Waals surface area (Å²) in [6.07, 6.45) is 3.50. The number of methoxy groups -OCH3 is 1. The van der Waals surface area contributed by atoms with Gasteiger partial charge in [-0.25, -0.2) is 0 Å². The van der Waals surface area contributed by atoms with Gasteiger partial charge in [0, 0.05) is 17.1 Å². The molecule has 1 aromatic heterocycles. The molecule has 2 aromatic rings. The molecular formula is C15H20N2O. The lowest BCUT2D eigenvalue weighted by atomic mass is 9.91. The predicted octanol–water partition coefficient (Wildman–Crippen LogP) is 2.60. The fourth-order valence-electron chi connectivity index (χ4n) is 3.01. The topological polar surface area (TPSA) is 28.3 Å². The Morgan fingerprint density at radius 1 is 1.33 bits per heavy atom. The van der Waals surface area contributed by atoms with Crippen molar-refractivity contribution in [3.63, 3.8) is 0 Å². The van der Waals surface area contributed by atoms with Crippen LogP contribution in [0.2, 0.25) is 0 Å². The van der Waals surface area contributed by atoms with Crippen molar-refractivity contribution < 1.29 is 4.74 Å². The molecule has 3 heteroatoms. The summed E-state index contributed by atoms with van der Waals surface area (Å²) in [7, 11) is 6.08. The molecule has 96 valence electrons. The Morgan fingerprint density at radius 3 is 2.89 bits per heavy atom. The first kappa shape index (κ1) is 11.6. The molecule has 1 atom stereocenters. The minimum atomic E-state index is 0.655. The number of aromatic nitrogens is 1. The van der Waals surface area contributed by atoms with E-state index < -0.39 is 0 Å². The van der Waals surface area contributed by atoms with Crippen LogP contribution in [0.25, 0.3) is 10.9 Å². The van der Waals surface area contributed by atoms with E-state index in [0.29, 0.717) is 6.04 Å². The second-order valence-corrected chi connectivity index (χ2v) is 5.33. The van der Waals surface area contributed by atoms with Crippen LogP contribution in [0, 0.1) is 0 Å². The zero-order valence-corrected chi connectivity index (χ0v) is 11.3. The number of likely N-dealkylation sites (N-methyl/N-ethyl adjacent to an activating group) is 1. The Kier molecular flexibility index (Phi) is 2.78. The van der Waals surface area contributed by atoms with Gasteiger partial charge in [0.25, 0.3) is 0 Å².